The molecule has 0 saturated carbocycles. The first-order valence-corrected chi connectivity index (χ1v) is 10.4. The highest BCUT2D eigenvalue weighted by Gasteiger charge is 2.41. The number of ether oxygens (including phenoxy) is 2. The number of anilines is 1. The normalized spacial score (nSPS) is 23.5. The molecule has 3 heterocycles. The average molecular weight is 395 g/mol. The van der Waals surface area contributed by atoms with E-state index in [1.54, 1.807) is 4.90 Å². The molecule has 0 bridgehead atoms. The van der Waals surface area contributed by atoms with Gasteiger partial charge >= 0.3 is 0 Å². The van der Waals surface area contributed by atoms with Gasteiger partial charge in [-0.3, -0.25) is 9.59 Å². The van der Waals surface area contributed by atoms with E-state index in [-0.39, 0.29) is 23.3 Å². The number of amides is 2. The third-order valence-corrected chi connectivity index (χ3v) is 6.91. The largest absolute Gasteiger partial charge is 0.482 e. The number of carbonyl (C=O) groups excluding carboxylic acids is 2. The van der Waals surface area contributed by atoms with Crippen molar-refractivity contribution in [1.29, 1.82) is 0 Å². The number of sulfonamides is 1. The second-order valence-corrected chi connectivity index (χ2v) is 8.60. The number of benzene rings is 1. The molecule has 0 radical (unpaired) electrons. The Bertz CT molecular complexity index is 865. The minimum Gasteiger partial charge on any atom is -0.482 e. The zero-order valence-corrected chi connectivity index (χ0v) is 15.5. The molecule has 1 aromatic rings. The Morgan fingerprint density at radius 3 is 2.74 bits per heavy atom. The standard InChI is InChI=1S/C17H21N3O6S/c21-16-11-26-15-4-3-12(10-13(15)18-16)27(23,24)20-5-1-2-14(20)17(22)19-6-8-25-9-7-19/h3-4,10,14H,1-2,5-9,11H2,(H,18,21). The van der Waals surface area contributed by atoms with Crippen molar-refractivity contribution in [3.63, 3.8) is 0 Å². The molecule has 1 atom stereocenters. The van der Waals surface area contributed by atoms with Crippen LogP contribution >= 0.6 is 0 Å². The molecule has 1 aromatic carbocycles. The van der Waals surface area contributed by atoms with Crippen molar-refractivity contribution in [3.8, 4) is 5.75 Å². The van der Waals surface area contributed by atoms with Crippen LogP contribution in [0, 0.1) is 0 Å². The zero-order valence-electron chi connectivity index (χ0n) is 14.7. The molecule has 0 aromatic heterocycles. The summed E-state index contributed by atoms with van der Waals surface area (Å²) in [7, 11) is -3.87. The number of fused-ring (bicyclic) bond motifs is 1. The average Bonchev–Trinajstić information content (AvgIpc) is 3.18. The van der Waals surface area contributed by atoms with Gasteiger partial charge in [-0.15, -0.1) is 0 Å². The fraction of sp³-hybridized carbons (Fsp3) is 0.529. The summed E-state index contributed by atoms with van der Waals surface area (Å²) in [6.45, 7) is 2.09. The van der Waals surface area contributed by atoms with Crippen LogP contribution in [0.5, 0.6) is 5.75 Å². The fourth-order valence-electron chi connectivity index (χ4n) is 3.63. The number of nitrogens with one attached hydrogen (secondary N) is 1. The Morgan fingerprint density at radius 2 is 1.96 bits per heavy atom. The molecule has 2 amide bonds. The van der Waals surface area contributed by atoms with Crippen LogP contribution in [0.2, 0.25) is 0 Å². The van der Waals surface area contributed by atoms with E-state index in [0.29, 0.717) is 57.1 Å². The van der Waals surface area contributed by atoms with Gasteiger partial charge in [0, 0.05) is 19.6 Å². The Balaban J connectivity index is 1.60. The van der Waals surface area contributed by atoms with Crippen molar-refractivity contribution in [1.82, 2.24) is 9.21 Å². The van der Waals surface area contributed by atoms with Crippen molar-refractivity contribution in [3.05, 3.63) is 18.2 Å². The summed E-state index contributed by atoms with van der Waals surface area (Å²) in [5, 5.41) is 2.61. The van der Waals surface area contributed by atoms with E-state index in [2.05, 4.69) is 5.32 Å². The Kier molecular flexibility index (Phi) is 4.79. The number of morpholine rings is 1. The second kappa shape index (κ2) is 7.10. The monoisotopic (exact) mass is 395 g/mol. The Morgan fingerprint density at radius 1 is 1.19 bits per heavy atom. The molecule has 1 N–H and O–H groups in total. The van der Waals surface area contributed by atoms with E-state index in [1.807, 2.05) is 0 Å². The molecule has 4 rings (SSSR count). The van der Waals surface area contributed by atoms with Gasteiger partial charge in [0.25, 0.3) is 5.91 Å². The van der Waals surface area contributed by atoms with Gasteiger partial charge in [-0.2, -0.15) is 4.31 Å². The molecule has 2 saturated heterocycles. The van der Waals surface area contributed by atoms with Gasteiger partial charge in [-0.25, -0.2) is 8.42 Å². The smallest absolute Gasteiger partial charge is 0.262 e. The molecule has 0 aliphatic carbocycles. The van der Waals surface area contributed by atoms with E-state index in [4.69, 9.17) is 9.47 Å². The summed E-state index contributed by atoms with van der Waals surface area (Å²) in [6, 6.07) is 3.66. The third kappa shape index (κ3) is 3.40. The summed E-state index contributed by atoms with van der Waals surface area (Å²) in [4.78, 5) is 26.1. The molecule has 146 valence electrons. The van der Waals surface area contributed by atoms with E-state index in [1.165, 1.54) is 22.5 Å². The number of hydrogen-bond acceptors (Lipinski definition) is 6. The predicted molar refractivity (Wildman–Crippen MR) is 94.9 cm³/mol. The van der Waals surface area contributed by atoms with Crippen LogP contribution in [0.3, 0.4) is 0 Å². The van der Waals surface area contributed by atoms with Crippen molar-refractivity contribution >= 4 is 27.5 Å². The first-order chi connectivity index (χ1) is 13.0. The van der Waals surface area contributed by atoms with Crippen LogP contribution in [0.25, 0.3) is 0 Å². The number of carbonyl (C=O) groups is 2. The van der Waals surface area contributed by atoms with Crippen molar-refractivity contribution < 1.29 is 27.5 Å². The topological polar surface area (TPSA) is 105 Å². The van der Waals surface area contributed by atoms with Gasteiger partial charge in [0.15, 0.2) is 6.61 Å². The van der Waals surface area contributed by atoms with Crippen molar-refractivity contribution in [2.24, 2.45) is 0 Å². The minimum absolute atomic E-state index is 0.0359. The highest BCUT2D eigenvalue weighted by atomic mass is 32.2. The lowest BCUT2D eigenvalue weighted by molar-refractivity contribution is -0.138. The Hall–Kier alpha value is -2.17. The third-order valence-electron chi connectivity index (χ3n) is 5.00. The van der Waals surface area contributed by atoms with E-state index in [0.717, 1.165) is 0 Å². The van der Waals surface area contributed by atoms with Crippen LogP contribution in [0.1, 0.15) is 12.8 Å². The van der Waals surface area contributed by atoms with Gasteiger partial charge in [-0.1, -0.05) is 0 Å². The van der Waals surface area contributed by atoms with Crippen LogP contribution in [-0.2, 0) is 24.3 Å². The van der Waals surface area contributed by atoms with Gasteiger partial charge in [0.1, 0.15) is 11.8 Å². The molecule has 1 unspecified atom stereocenters. The van der Waals surface area contributed by atoms with Crippen molar-refractivity contribution in [2.45, 2.75) is 23.8 Å². The predicted octanol–water partition coefficient (Wildman–Crippen LogP) is 0.0294. The number of hydrogen-bond donors (Lipinski definition) is 1. The minimum atomic E-state index is -3.87. The summed E-state index contributed by atoms with van der Waals surface area (Å²) < 4.78 is 38.2. The quantitative estimate of drug-likeness (QED) is 0.774. The lowest BCUT2D eigenvalue weighted by Crippen LogP contribution is -2.50. The summed E-state index contributed by atoms with van der Waals surface area (Å²) in [6.07, 6.45) is 1.13. The van der Waals surface area contributed by atoms with Crippen LogP contribution in [-0.4, -0.2) is 74.9 Å². The maximum Gasteiger partial charge on any atom is 0.262 e. The molecular weight excluding hydrogens is 374 g/mol. The molecular formula is C17H21N3O6S. The lowest BCUT2D eigenvalue weighted by atomic mass is 10.2. The second-order valence-electron chi connectivity index (χ2n) is 6.71. The summed E-state index contributed by atoms with van der Waals surface area (Å²) >= 11 is 0. The molecule has 2 fully saturated rings. The maximum atomic E-state index is 13.2. The highest BCUT2D eigenvalue weighted by Crippen LogP contribution is 2.33. The van der Waals surface area contributed by atoms with E-state index < -0.39 is 16.1 Å². The molecule has 10 heteroatoms. The summed E-state index contributed by atoms with van der Waals surface area (Å²) in [5.41, 5.74) is 0.322. The van der Waals surface area contributed by atoms with Gasteiger partial charge in [0.2, 0.25) is 15.9 Å². The van der Waals surface area contributed by atoms with Gasteiger partial charge in [-0.05, 0) is 31.0 Å². The first-order valence-electron chi connectivity index (χ1n) is 8.92. The summed E-state index contributed by atoms with van der Waals surface area (Å²) in [5.74, 6) is -0.0801. The Labute approximate surface area is 157 Å². The molecule has 27 heavy (non-hydrogen) atoms. The number of nitrogens with zero attached hydrogens (tertiary/aromatic N) is 2. The maximum absolute atomic E-state index is 13.2. The van der Waals surface area contributed by atoms with Crippen LogP contribution in [0.4, 0.5) is 5.69 Å². The fourth-order valence-corrected chi connectivity index (χ4v) is 5.30. The van der Waals surface area contributed by atoms with Crippen molar-refractivity contribution in [2.75, 3.05) is 44.8 Å². The van der Waals surface area contributed by atoms with E-state index >= 15 is 0 Å². The zero-order chi connectivity index (χ0) is 19.0. The van der Waals surface area contributed by atoms with Gasteiger partial charge < -0.3 is 19.7 Å². The molecule has 0 spiro atoms. The van der Waals surface area contributed by atoms with Gasteiger partial charge in [0.05, 0.1) is 23.8 Å². The molecule has 9 nitrogen and oxygen atoms in total. The SMILES string of the molecule is O=C1COc2ccc(S(=O)(=O)N3CCCC3C(=O)N3CCOCC3)cc2N1. The van der Waals surface area contributed by atoms with Crippen LogP contribution < -0.4 is 10.1 Å². The van der Waals surface area contributed by atoms with Crippen LogP contribution in [0.15, 0.2) is 23.1 Å². The molecule has 3 aliphatic rings. The highest BCUT2D eigenvalue weighted by molar-refractivity contribution is 7.89. The molecule has 3 aliphatic heterocycles. The van der Waals surface area contributed by atoms with E-state index in [9.17, 15) is 18.0 Å². The number of rotatable bonds is 3. The first kappa shape index (κ1) is 18.2. The lowest BCUT2D eigenvalue weighted by Gasteiger charge is -2.32.